The monoisotopic (exact) mass is 207 g/mol. The molecule has 1 aliphatic carbocycles. The number of hydrogen-bond donors (Lipinski definition) is 1. The second kappa shape index (κ2) is 5.01. The van der Waals surface area contributed by atoms with Crippen LogP contribution in [-0.4, -0.2) is 5.91 Å². The Kier molecular flexibility index (Phi) is 3.43. The fourth-order valence-electron chi connectivity index (χ4n) is 2.15. The summed E-state index contributed by atoms with van der Waals surface area (Å²) in [7, 11) is 0. The second-order valence-electron chi connectivity index (χ2n) is 4.21. The van der Waals surface area contributed by atoms with E-state index in [-0.39, 0.29) is 5.91 Å². The van der Waals surface area contributed by atoms with Crippen molar-refractivity contribution in [2.24, 2.45) is 5.92 Å². The first-order valence-corrected chi connectivity index (χ1v) is 5.63. The van der Waals surface area contributed by atoms with Gasteiger partial charge in [-0.1, -0.05) is 12.8 Å². The summed E-state index contributed by atoms with van der Waals surface area (Å²) >= 11 is 0. The Balaban J connectivity index is 1.68. The molecule has 1 aromatic heterocycles. The number of amides is 1. The first-order chi connectivity index (χ1) is 7.34. The van der Waals surface area contributed by atoms with Crippen LogP contribution in [0.5, 0.6) is 0 Å². The lowest BCUT2D eigenvalue weighted by Crippen LogP contribution is -2.24. The lowest BCUT2D eigenvalue weighted by molar-refractivity contribution is -0.122. The van der Waals surface area contributed by atoms with Gasteiger partial charge in [0.15, 0.2) is 0 Å². The molecule has 0 aromatic carbocycles. The third-order valence-electron chi connectivity index (χ3n) is 2.99. The molecule has 15 heavy (non-hydrogen) atoms. The molecule has 1 fully saturated rings. The molecule has 1 aliphatic rings. The zero-order chi connectivity index (χ0) is 10.5. The SMILES string of the molecule is O=C(CC1CCCC1)NCc1ccco1. The summed E-state index contributed by atoms with van der Waals surface area (Å²) in [6.45, 7) is 0.512. The van der Waals surface area contributed by atoms with E-state index in [0.29, 0.717) is 18.9 Å². The van der Waals surface area contributed by atoms with Crippen molar-refractivity contribution in [3.63, 3.8) is 0 Å². The van der Waals surface area contributed by atoms with Crippen molar-refractivity contribution in [2.45, 2.75) is 38.6 Å². The van der Waals surface area contributed by atoms with Crippen LogP contribution in [0.15, 0.2) is 22.8 Å². The van der Waals surface area contributed by atoms with Crippen molar-refractivity contribution in [3.05, 3.63) is 24.2 Å². The largest absolute Gasteiger partial charge is 0.467 e. The second-order valence-corrected chi connectivity index (χ2v) is 4.21. The Bertz CT molecular complexity index is 299. The molecular formula is C12H17NO2. The fraction of sp³-hybridized carbons (Fsp3) is 0.583. The van der Waals surface area contributed by atoms with E-state index in [1.54, 1.807) is 6.26 Å². The molecule has 0 aliphatic heterocycles. The Labute approximate surface area is 89.9 Å². The van der Waals surface area contributed by atoms with Crippen molar-refractivity contribution in [3.8, 4) is 0 Å². The molecule has 0 saturated heterocycles. The molecule has 0 bridgehead atoms. The van der Waals surface area contributed by atoms with Crippen LogP contribution < -0.4 is 5.32 Å². The highest BCUT2D eigenvalue weighted by atomic mass is 16.3. The highest BCUT2D eigenvalue weighted by Gasteiger charge is 2.18. The van der Waals surface area contributed by atoms with Gasteiger partial charge in [-0.2, -0.15) is 0 Å². The minimum atomic E-state index is 0.151. The van der Waals surface area contributed by atoms with Crippen LogP contribution in [0.3, 0.4) is 0 Å². The van der Waals surface area contributed by atoms with Gasteiger partial charge in [-0.25, -0.2) is 0 Å². The van der Waals surface area contributed by atoms with E-state index >= 15 is 0 Å². The maximum atomic E-state index is 11.5. The van der Waals surface area contributed by atoms with Gasteiger partial charge in [-0.05, 0) is 30.9 Å². The van der Waals surface area contributed by atoms with Crippen LogP contribution >= 0.6 is 0 Å². The van der Waals surface area contributed by atoms with E-state index in [2.05, 4.69) is 5.32 Å². The lowest BCUT2D eigenvalue weighted by atomic mass is 10.0. The third kappa shape index (κ3) is 3.11. The summed E-state index contributed by atoms with van der Waals surface area (Å²) in [5.41, 5.74) is 0. The van der Waals surface area contributed by atoms with Crippen LogP contribution in [0.4, 0.5) is 0 Å². The lowest BCUT2D eigenvalue weighted by Gasteiger charge is -2.08. The summed E-state index contributed by atoms with van der Waals surface area (Å²) in [5, 5.41) is 2.88. The molecule has 3 heteroatoms. The molecule has 82 valence electrons. The van der Waals surface area contributed by atoms with Gasteiger partial charge in [0.1, 0.15) is 5.76 Å². The van der Waals surface area contributed by atoms with Crippen LogP contribution in [0.1, 0.15) is 37.9 Å². The molecular weight excluding hydrogens is 190 g/mol. The Hall–Kier alpha value is -1.25. The smallest absolute Gasteiger partial charge is 0.220 e. The summed E-state index contributed by atoms with van der Waals surface area (Å²) in [6, 6.07) is 3.70. The summed E-state index contributed by atoms with van der Waals surface area (Å²) in [5.74, 6) is 1.58. The maximum Gasteiger partial charge on any atom is 0.220 e. The van der Waals surface area contributed by atoms with Gasteiger partial charge in [-0.3, -0.25) is 4.79 Å². The quantitative estimate of drug-likeness (QED) is 0.824. The average molecular weight is 207 g/mol. The van der Waals surface area contributed by atoms with Crippen molar-refractivity contribution in [1.82, 2.24) is 5.32 Å². The van der Waals surface area contributed by atoms with Crippen molar-refractivity contribution < 1.29 is 9.21 Å². The van der Waals surface area contributed by atoms with Crippen LogP contribution in [-0.2, 0) is 11.3 Å². The summed E-state index contributed by atoms with van der Waals surface area (Å²) in [4.78, 5) is 11.5. The predicted octanol–water partition coefficient (Wildman–Crippen LogP) is 2.48. The van der Waals surface area contributed by atoms with Crippen molar-refractivity contribution in [2.75, 3.05) is 0 Å². The molecule has 0 radical (unpaired) electrons. The van der Waals surface area contributed by atoms with Crippen LogP contribution in [0, 0.1) is 5.92 Å². The molecule has 1 saturated carbocycles. The van der Waals surface area contributed by atoms with E-state index < -0.39 is 0 Å². The van der Waals surface area contributed by atoms with Crippen molar-refractivity contribution in [1.29, 1.82) is 0 Å². The van der Waals surface area contributed by atoms with Gasteiger partial charge in [0, 0.05) is 6.42 Å². The van der Waals surface area contributed by atoms with Gasteiger partial charge >= 0.3 is 0 Å². The van der Waals surface area contributed by atoms with Crippen LogP contribution in [0.2, 0.25) is 0 Å². The molecule has 0 atom stereocenters. The summed E-state index contributed by atoms with van der Waals surface area (Å²) < 4.78 is 5.14. The van der Waals surface area contributed by atoms with E-state index in [9.17, 15) is 4.79 Å². The minimum Gasteiger partial charge on any atom is -0.467 e. The molecule has 1 aromatic rings. The minimum absolute atomic E-state index is 0.151. The fourth-order valence-corrected chi connectivity index (χ4v) is 2.15. The van der Waals surface area contributed by atoms with E-state index in [1.807, 2.05) is 12.1 Å². The standard InChI is InChI=1S/C12H17NO2/c14-12(8-10-4-1-2-5-10)13-9-11-6-3-7-15-11/h3,6-7,10H,1-2,4-5,8-9H2,(H,13,14). The van der Waals surface area contributed by atoms with E-state index in [4.69, 9.17) is 4.42 Å². The van der Waals surface area contributed by atoms with Crippen LogP contribution in [0.25, 0.3) is 0 Å². The maximum absolute atomic E-state index is 11.5. The van der Waals surface area contributed by atoms with Gasteiger partial charge in [0.25, 0.3) is 0 Å². The Morgan fingerprint density at radius 2 is 2.27 bits per heavy atom. The highest BCUT2D eigenvalue weighted by Crippen LogP contribution is 2.27. The Morgan fingerprint density at radius 3 is 2.93 bits per heavy atom. The number of hydrogen-bond acceptors (Lipinski definition) is 2. The molecule has 0 spiro atoms. The molecule has 1 N–H and O–H groups in total. The molecule has 1 heterocycles. The first-order valence-electron chi connectivity index (χ1n) is 5.63. The van der Waals surface area contributed by atoms with E-state index in [1.165, 1.54) is 25.7 Å². The average Bonchev–Trinajstić information content (AvgIpc) is 2.86. The van der Waals surface area contributed by atoms with Crippen molar-refractivity contribution >= 4 is 5.91 Å². The molecule has 2 rings (SSSR count). The molecule has 0 unspecified atom stereocenters. The molecule has 3 nitrogen and oxygen atoms in total. The normalized spacial score (nSPS) is 16.8. The van der Waals surface area contributed by atoms with Gasteiger partial charge in [0.2, 0.25) is 5.91 Å². The molecule has 1 amide bonds. The third-order valence-corrected chi connectivity index (χ3v) is 2.99. The zero-order valence-electron chi connectivity index (χ0n) is 8.87. The van der Waals surface area contributed by atoms with Gasteiger partial charge in [-0.15, -0.1) is 0 Å². The number of carbonyl (C=O) groups excluding carboxylic acids is 1. The summed E-state index contributed by atoms with van der Waals surface area (Å²) in [6.07, 6.45) is 7.31. The predicted molar refractivity (Wildman–Crippen MR) is 57.1 cm³/mol. The van der Waals surface area contributed by atoms with Gasteiger partial charge < -0.3 is 9.73 Å². The van der Waals surface area contributed by atoms with Gasteiger partial charge in [0.05, 0.1) is 12.8 Å². The highest BCUT2D eigenvalue weighted by molar-refractivity contribution is 5.76. The number of rotatable bonds is 4. The zero-order valence-corrected chi connectivity index (χ0v) is 8.87. The number of furan rings is 1. The first kappa shape index (κ1) is 10.3. The Morgan fingerprint density at radius 1 is 1.47 bits per heavy atom. The number of carbonyl (C=O) groups is 1. The topological polar surface area (TPSA) is 42.2 Å². The number of nitrogens with one attached hydrogen (secondary N) is 1. The van der Waals surface area contributed by atoms with E-state index in [0.717, 1.165) is 5.76 Å².